The molecule has 0 atom stereocenters. The lowest BCUT2D eigenvalue weighted by molar-refractivity contribution is -0.170. The highest BCUT2D eigenvalue weighted by Crippen LogP contribution is 2.60. The van der Waals surface area contributed by atoms with Crippen LogP contribution in [0.2, 0.25) is 0 Å². The Kier molecular flexibility index (Phi) is 2.63. The number of ether oxygens (including phenoxy) is 1. The van der Waals surface area contributed by atoms with Crippen molar-refractivity contribution < 1.29 is 9.53 Å². The minimum absolute atomic E-state index is 0.151. The second kappa shape index (κ2) is 3.78. The third-order valence-electron chi connectivity index (χ3n) is 4.67. The molecule has 16 heavy (non-hydrogen) atoms. The molecule has 4 rings (SSSR count). The fraction of sp³-hybridized carbons (Fsp3) is 0.917. The summed E-state index contributed by atoms with van der Waals surface area (Å²) >= 11 is 11.1. The van der Waals surface area contributed by atoms with E-state index in [2.05, 4.69) is 0 Å². The highest BCUT2D eigenvalue weighted by Gasteiger charge is 2.55. The first kappa shape index (κ1) is 11.2. The zero-order valence-corrected chi connectivity index (χ0v) is 10.6. The van der Waals surface area contributed by atoms with Gasteiger partial charge in [-0.15, -0.1) is 0 Å². The summed E-state index contributed by atoms with van der Waals surface area (Å²) in [7, 11) is 0. The molecule has 0 spiro atoms. The molecule has 0 radical (unpaired) electrons. The molecule has 0 amide bonds. The van der Waals surface area contributed by atoms with Gasteiger partial charge in [-0.1, -0.05) is 23.2 Å². The minimum Gasteiger partial charge on any atom is -0.431 e. The number of carbonyl (C=O) groups is 1. The maximum absolute atomic E-state index is 12.1. The van der Waals surface area contributed by atoms with Crippen LogP contribution < -0.4 is 0 Å². The van der Waals surface area contributed by atoms with Crippen molar-refractivity contribution in [2.24, 2.45) is 23.2 Å². The maximum atomic E-state index is 12.1. The normalized spacial score (nSPS) is 45.1. The van der Waals surface area contributed by atoms with Gasteiger partial charge in [-0.05, 0) is 56.3 Å². The van der Waals surface area contributed by atoms with Gasteiger partial charge in [-0.3, -0.25) is 4.79 Å². The lowest BCUT2D eigenvalue weighted by Crippen LogP contribution is -2.50. The smallest absolute Gasteiger partial charge is 0.314 e. The van der Waals surface area contributed by atoms with Crippen molar-refractivity contribution in [1.29, 1.82) is 0 Å². The first-order valence-electron chi connectivity index (χ1n) is 6.07. The Hall–Kier alpha value is 0.0500. The van der Waals surface area contributed by atoms with Gasteiger partial charge in [0.15, 0.2) is 0 Å². The highest BCUT2D eigenvalue weighted by atomic mass is 35.5. The molecule has 0 heterocycles. The van der Waals surface area contributed by atoms with Crippen LogP contribution in [0.25, 0.3) is 0 Å². The van der Waals surface area contributed by atoms with Gasteiger partial charge in [0.05, 0.1) is 5.41 Å². The SMILES string of the molecule is O=C(OC(Cl)Cl)C12CC3CC(CC(C3)C1)C2. The fourth-order valence-electron chi connectivity index (χ4n) is 4.57. The maximum Gasteiger partial charge on any atom is 0.314 e. The van der Waals surface area contributed by atoms with Gasteiger partial charge < -0.3 is 4.74 Å². The van der Waals surface area contributed by atoms with E-state index in [1.54, 1.807) is 0 Å². The van der Waals surface area contributed by atoms with Gasteiger partial charge >= 0.3 is 5.97 Å². The number of hydrogen-bond donors (Lipinski definition) is 0. The molecular weight excluding hydrogens is 247 g/mol. The molecule has 0 N–H and O–H groups in total. The third kappa shape index (κ3) is 1.74. The molecule has 0 aliphatic heterocycles. The van der Waals surface area contributed by atoms with Crippen LogP contribution in [0.3, 0.4) is 0 Å². The van der Waals surface area contributed by atoms with E-state index >= 15 is 0 Å². The zero-order chi connectivity index (χ0) is 11.3. The monoisotopic (exact) mass is 262 g/mol. The molecule has 4 bridgehead atoms. The van der Waals surface area contributed by atoms with E-state index in [-0.39, 0.29) is 11.4 Å². The zero-order valence-electron chi connectivity index (χ0n) is 9.12. The lowest BCUT2D eigenvalue weighted by Gasteiger charge is -2.55. The van der Waals surface area contributed by atoms with E-state index in [1.807, 2.05) is 0 Å². The number of carbonyl (C=O) groups excluding carboxylic acids is 1. The molecule has 4 aliphatic rings. The average Bonchev–Trinajstić information content (AvgIpc) is 2.13. The largest absolute Gasteiger partial charge is 0.431 e. The van der Waals surface area contributed by atoms with E-state index in [0.29, 0.717) is 0 Å². The quantitative estimate of drug-likeness (QED) is 0.563. The summed E-state index contributed by atoms with van der Waals surface area (Å²) in [6.07, 6.45) is 6.95. The van der Waals surface area contributed by atoms with Crippen molar-refractivity contribution in [3.63, 3.8) is 0 Å². The van der Waals surface area contributed by atoms with E-state index < -0.39 is 5.02 Å². The van der Waals surface area contributed by atoms with Crippen LogP contribution in [-0.4, -0.2) is 11.0 Å². The van der Waals surface area contributed by atoms with Crippen LogP contribution in [-0.2, 0) is 9.53 Å². The molecule has 0 aromatic carbocycles. The Labute approximate surface area is 106 Å². The molecule has 4 fully saturated rings. The second-order valence-corrected chi connectivity index (χ2v) is 6.88. The van der Waals surface area contributed by atoms with Crippen LogP contribution in [0, 0.1) is 23.2 Å². The summed E-state index contributed by atoms with van der Waals surface area (Å²) < 4.78 is 5.03. The molecule has 2 nitrogen and oxygen atoms in total. The summed E-state index contributed by atoms with van der Waals surface area (Å²) in [4.78, 5) is 12.1. The van der Waals surface area contributed by atoms with Gasteiger partial charge in [-0.25, -0.2) is 0 Å². The van der Waals surface area contributed by atoms with Crippen LogP contribution in [0.15, 0.2) is 0 Å². The van der Waals surface area contributed by atoms with Gasteiger partial charge in [0.2, 0.25) is 0 Å². The van der Waals surface area contributed by atoms with Crippen LogP contribution >= 0.6 is 23.2 Å². The number of alkyl halides is 2. The van der Waals surface area contributed by atoms with Gasteiger partial charge in [-0.2, -0.15) is 0 Å². The molecular formula is C12H16Cl2O2. The van der Waals surface area contributed by atoms with Crippen molar-refractivity contribution in [1.82, 2.24) is 0 Å². The Morgan fingerprint density at radius 3 is 1.88 bits per heavy atom. The van der Waals surface area contributed by atoms with Crippen LogP contribution in [0.1, 0.15) is 38.5 Å². The Morgan fingerprint density at radius 2 is 1.50 bits per heavy atom. The Bertz CT molecular complexity index is 279. The fourth-order valence-corrected chi connectivity index (χ4v) is 4.73. The molecule has 4 aliphatic carbocycles. The first-order chi connectivity index (χ1) is 7.57. The Morgan fingerprint density at radius 1 is 1.06 bits per heavy atom. The van der Waals surface area contributed by atoms with Crippen molar-refractivity contribution in [2.75, 3.05) is 0 Å². The highest BCUT2D eigenvalue weighted by molar-refractivity contribution is 6.43. The van der Waals surface area contributed by atoms with Crippen molar-refractivity contribution in [3.8, 4) is 0 Å². The molecule has 0 saturated heterocycles. The number of esters is 1. The number of halogens is 2. The van der Waals surface area contributed by atoms with Crippen molar-refractivity contribution in [3.05, 3.63) is 0 Å². The lowest BCUT2D eigenvalue weighted by atomic mass is 9.49. The molecule has 0 aromatic rings. The van der Waals surface area contributed by atoms with E-state index in [9.17, 15) is 4.79 Å². The van der Waals surface area contributed by atoms with E-state index in [1.165, 1.54) is 19.3 Å². The van der Waals surface area contributed by atoms with Crippen LogP contribution in [0.5, 0.6) is 0 Å². The number of rotatable bonds is 2. The van der Waals surface area contributed by atoms with Crippen molar-refractivity contribution >= 4 is 29.2 Å². The van der Waals surface area contributed by atoms with Gasteiger partial charge in [0, 0.05) is 0 Å². The van der Waals surface area contributed by atoms with E-state index in [0.717, 1.165) is 37.0 Å². The minimum atomic E-state index is -1.01. The number of hydrogen-bond acceptors (Lipinski definition) is 2. The Balaban J connectivity index is 1.80. The third-order valence-corrected chi connectivity index (χ3v) is 4.85. The van der Waals surface area contributed by atoms with Gasteiger partial charge in [0.1, 0.15) is 0 Å². The van der Waals surface area contributed by atoms with Gasteiger partial charge in [0.25, 0.3) is 5.02 Å². The predicted octanol–water partition coefficient (Wildman–Crippen LogP) is 3.51. The summed E-state index contributed by atoms with van der Waals surface area (Å²) in [5.74, 6) is 2.07. The predicted molar refractivity (Wildman–Crippen MR) is 62.2 cm³/mol. The topological polar surface area (TPSA) is 26.3 Å². The van der Waals surface area contributed by atoms with Crippen molar-refractivity contribution in [2.45, 2.75) is 43.5 Å². The van der Waals surface area contributed by atoms with E-state index in [4.69, 9.17) is 27.9 Å². The van der Waals surface area contributed by atoms with Crippen LogP contribution in [0.4, 0.5) is 0 Å². The summed E-state index contributed by atoms with van der Waals surface area (Å²) in [6, 6.07) is 0. The average molecular weight is 263 g/mol. The molecule has 0 aromatic heterocycles. The second-order valence-electron chi connectivity index (χ2n) is 5.86. The summed E-state index contributed by atoms with van der Waals surface area (Å²) in [5.41, 5.74) is -0.239. The molecule has 90 valence electrons. The molecule has 0 unspecified atom stereocenters. The standard InChI is InChI=1S/C12H16Cl2O2/c13-11(14)16-10(15)12-4-7-1-8(5-12)3-9(2-7)6-12/h7-9,11H,1-6H2. The first-order valence-corrected chi connectivity index (χ1v) is 6.94. The summed E-state index contributed by atoms with van der Waals surface area (Å²) in [6.45, 7) is 0. The molecule has 4 heteroatoms. The summed E-state index contributed by atoms with van der Waals surface area (Å²) in [5, 5.41) is -1.01. The molecule has 4 saturated carbocycles.